The largest absolute Gasteiger partial charge is 0.345 e. The molecule has 0 N–H and O–H groups in total. The van der Waals surface area contributed by atoms with E-state index in [9.17, 15) is 9.59 Å². The van der Waals surface area contributed by atoms with Crippen LogP contribution in [-0.4, -0.2) is 30.2 Å². The lowest BCUT2D eigenvalue weighted by atomic mass is 9.59. The molecule has 1 heterocycles. The first-order valence-electron chi connectivity index (χ1n) is 5.75. The van der Waals surface area contributed by atoms with Gasteiger partial charge in [0, 0.05) is 25.9 Å². The van der Waals surface area contributed by atoms with Gasteiger partial charge in [-0.05, 0) is 18.8 Å². The second-order valence-corrected chi connectivity index (χ2v) is 5.29. The summed E-state index contributed by atoms with van der Waals surface area (Å²) < 4.78 is 0. The zero-order valence-electron chi connectivity index (χ0n) is 9.75. The molecule has 1 saturated heterocycles. The molecule has 0 bridgehead atoms. The van der Waals surface area contributed by atoms with Gasteiger partial charge in [0.2, 0.25) is 5.91 Å². The average molecular weight is 209 g/mol. The van der Waals surface area contributed by atoms with Crippen molar-refractivity contribution in [2.24, 2.45) is 17.3 Å². The lowest BCUT2D eigenvalue weighted by molar-refractivity contribution is -0.156. The van der Waals surface area contributed by atoms with Crippen LogP contribution in [0, 0.1) is 17.3 Å². The number of piperidine rings is 1. The molecule has 0 spiro atoms. The lowest BCUT2D eigenvalue weighted by Crippen LogP contribution is -2.55. The Kier molecular flexibility index (Phi) is 2.36. The molecule has 0 aromatic rings. The molecule has 3 heteroatoms. The molecule has 3 atom stereocenters. The normalized spacial score (nSPS) is 41.7. The van der Waals surface area contributed by atoms with Gasteiger partial charge >= 0.3 is 0 Å². The quantitative estimate of drug-likeness (QED) is 0.606. The molecule has 1 aliphatic heterocycles. The maximum Gasteiger partial charge on any atom is 0.228 e. The van der Waals surface area contributed by atoms with Crippen LogP contribution in [0.25, 0.3) is 0 Å². The van der Waals surface area contributed by atoms with Crippen molar-refractivity contribution in [2.75, 3.05) is 13.6 Å². The van der Waals surface area contributed by atoms with Crippen LogP contribution in [-0.2, 0) is 9.59 Å². The van der Waals surface area contributed by atoms with E-state index in [1.807, 2.05) is 25.8 Å². The molecule has 3 unspecified atom stereocenters. The Morgan fingerprint density at radius 3 is 2.73 bits per heavy atom. The zero-order chi connectivity index (χ0) is 11.2. The van der Waals surface area contributed by atoms with Crippen molar-refractivity contribution >= 4 is 11.7 Å². The van der Waals surface area contributed by atoms with Crippen molar-refractivity contribution in [1.82, 2.24) is 4.90 Å². The van der Waals surface area contributed by atoms with E-state index >= 15 is 0 Å². The van der Waals surface area contributed by atoms with E-state index in [1.54, 1.807) is 0 Å². The maximum absolute atomic E-state index is 12.1. The van der Waals surface area contributed by atoms with Crippen molar-refractivity contribution < 1.29 is 9.59 Å². The minimum atomic E-state index is -0.277. The Hall–Kier alpha value is -0.860. The lowest BCUT2D eigenvalue weighted by Gasteiger charge is -2.48. The highest BCUT2D eigenvalue weighted by atomic mass is 16.2. The molecule has 84 valence electrons. The summed E-state index contributed by atoms with van der Waals surface area (Å²) in [5.74, 6) is 0.914. The van der Waals surface area contributed by atoms with Crippen LogP contribution in [0.5, 0.6) is 0 Å². The van der Waals surface area contributed by atoms with Crippen molar-refractivity contribution in [1.29, 1.82) is 0 Å². The molecule has 0 aromatic heterocycles. The molecule has 2 fully saturated rings. The summed E-state index contributed by atoms with van der Waals surface area (Å²) in [4.78, 5) is 25.6. The third kappa shape index (κ3) is 1.40. The van der Waals surface area contributed by atoms with E-state index in [4.69, 9.17) is 0 Å². The van der Waals surface area contributed by atoms with Gasteiger partial charge in [0.15, 0.2) is 0 Å². The van der Waals surface area contributed by atoms with Crippen LogP contribution < -0.4 is 0 Å². The maximum atomic E-state index is 12.1. The zero-order valence-corrected chi connectivity index (χ0v) is 9.75. The van der Waals surface area contributed by atoms with Crippen LogP contribution in [0.15, 0.2) is 0 Å². The number of likely N-dealkylation sites (tertiary alicyclic amines) is 1. The predicted molar refractivity (Wildman–Crippen MR) is 57.3 cm³/mol. The van der Waals surface area contributed by atoms with E-state index < -0.39 is 0 Å². The molecule has 2 aliphatic rings. The van der Waals surface area contributed by atoms with E-state index in [1.165, 1.54) is 0 Å². The van der Waals surface area contributed by atoms with Crippen LogP contribution >= 0.6 is 0 Å². The van der Waals surface area contributed by atoms with E-state index in [0.29, 0.717) is 12.2 Å². The second kappa shape index (κ2) is 3.32. The molecule has 1 amide bonds. The topological polar surface area (TPSA) is 37.4 Å². The third-order valence-electron chi connectivity index (χ3n) is 4.43. The monoisotopic (exact) mass is 209 g/mol. The molecule has 2 rings (SSSR count). The van der Waals surface area contributed by atoms with Crippen molar-refractivity contribution in [3.8, 4) is 0 Å². The van der Waals surface area contributed by atoms with Gasteiger partial charge in [-0.2, -0.15) is 0 Å². The Balaban J connectivity index is 2.31. The number of carbonyl (C=O) groups excluding carboxylic acids is 2. The first kappa shape index (κ1) is 10.7. The van der Waals surface area contributed by atoms with Gasteiger partial charge < -0.3 is 4.90 Å². The predicted octanol–water partition coefficient (Wildman–Crippen LogP) is 1.47. The summed E-state index contributed by atoms with van der Waals surface area (Å²) in [6.45, 7) is 4.83. The fourth-order valence-corrected chi connectivity index (χ4v) is 3.28. The number of hydrogen-bond donors (Lipinski definition) is 0. The Morgan fingerprint density at radius 2 is 2.07 bits per heavy atom. The van der Waals surface area contributed by atoms with Crippen molar-refractivity contribution in [3.63, 3.8) is 0 Å². The highest BCUT2D eigenvalue weighted by Crippen LogP contribution is 2.47. The second-order valence-electron chi connectivity index (χ2n) is 5.29. The summed E-state index contributed by atoms with van der Waals surface area (Å²) in [5.41, 5.74) is -0.277. The van der Waals surface area contributed by atoms with E-state index in [0.717, 1.165) is 19.4 Å². The van der Waals surface area contributed by atoms with E-state index in [-0.39, 0.29) is 23.2 Å². The summed E-state index contributed by atoms with van der Waals surface area (Å²) >= 11 is 0. The number of hydrogen-bond acceptors (Lipinski definition) is 2. The minimum absolute atomic E-state index is 0.0707. The summed E-state index contributed by atoms with van der Waals surface area (Å²) in [6, 6.07) is 0. The minimum Gasteiger partial charge on any atom is -0.345 e. The molecule has 1 aliphatic carbocycles. The van der Waals surface area contributed by atoms with Gasteiger partial charge in [-0.15, -0.1) is 0 Å². The first-order chi connectivity index (χ1) is 6.97. The molecule has 1 saturated carbocycles. The highest BCUT2D eigenvalue weighted by molar-refractivity contribution is 5.89. The van der Waals surface area contributed by atoms with Crippen LogP contribution in [0.4, 0.5) is 0 Å². The third-order valence-corrected chi connectivity index (χ3v) is 4.43. The van der Waals surface area contributed by atoms with Crippen LogP contribution in [0.3, 0.4) is 0 Å². The SMILES string of the molecule is CC1C(=O)CCC2(C)C(=O)N(C)CCC12. The van der Waals surface area contributed by atoms with E-state index in [2.05, 4.69) is 0 Å². The Labute approximate surface area is 90.8 Å². The first-order valence-corrected chi connectivity index (χ1v) is 5.75. The van der Waals surface area contributed by atoms with Gasteiger partial charge in [0.25, 0.3) is 0 Å². The number of carbonyl (C=O) groups is 2. The summed E-state index contributed by atoms with van der Waals surface area (Å²) in [7, 11) is 1.87. The van der Waals surface area contributed by atoms with Crippen molar-refractivity contribution in [3.05, 3.63) is 0 Å². The number of Topliss-reactive ketones (excluding diaryl/α,β-unsaturated/α-hetero) is 1. The van der Waals surface area contributed by atoms with Crippen LogP contribution in [0.2, 0.25) is 0 Å². The summed E-state index contributed by atoms with van der Waals surface area (Å²) in [5, 5.41) is 0. The van der Waals surface area contributed by atoms with Gasteiger partial charge in [0.05, 0.1) is 5.41 Å². The standard InChI is InChI=1S/C12H19NO2/c1-8-9-5-7-13(3)11(15)12(9,2)6-4-10(8)14/h8-9H,4-7H2,1-3H3. The Bertz CT molecular complexity index is 313. The summed E-state index contributed by atoms with van der Waals surface area (Å²) in [6.07, 6.45) is 2.30. The number of fused-ring (bicyclic) bond motifs is 1. The van der Waals surface area contributed by atoms with Gasteiger partial charge in [0.1, 0.15) is 5.78 Å². The molecular formula is C12H19NO2. The van der Waals surface area contributed by atoms with Crippen LogP contribution in [0.1, 0.15) is 33.1 Å². The fourth-order valence-electron chi connectivity index (χ4n) is 3.28. The number of amides is 1. The number of rotatable bonds is 0. The van der Waals surface area contributed by atoms with Crippen molar-refractivity contribution in [2.45, 2.75) is 33.1 Å². The molecule has 0 radical (unpaired) electrons. The molecule has 0 aromatic carbocycles. The smallest absolute Gasteiger partial charge is 0.228 e. The highest BCUT2D eigenvalue weighted by Gasteiger charge is 2.51. The molecule has 3 nitrogen and oxygen atoms in total. The Morgan fingerprint density at radius 1 is 1.40 bits per heavy atom. The number of ketones is 1. The molecular weight excluding hydrogens is 190 g/mol. The molecule has 15 heavy (non-hydrogen) atoms. The number of nitrogens with zero attached hydrogens (tertiary/aromatic N) is 1. The fraction of sp³-hybridized carbons (Fsp3) is 0.833. The van der Waals surface area contributed by atoms with Gasteiger partial charge in [-0.25, -0.2) is 0 Å². The average Bonchev–Trinajstić information content (AvgIpc) is 2.21. The van der Waals surface area contributed by atoms with Gasteiger partial charge in [-0.1, -0.05) is 13.8 Å². The van der Waals surface area contributed by atoms with Gasteiger partial charge in [-0.3, -0.25) is 9.59 Å².